The van der Waals surface area contributed by atoms with Gasteiger partial charge in [-0.15, -0.1) is 0 Å². The lowest BCUT2D eigenvalue weighted by Gasteiger charge is -2.24. The zero-order valence-corrected chi connectivity index (χ0v) is 14.2. The molecule has 3 aromatic rings. The van der Waals surface area contributed by atoms with E-state index in [9.17, 15) is 30.0 Å². The van der Waals surface area contributed by atoms with Gasteiger partial charge in [0.05, 0.1) is 10.5 Å². The summed E-state index contributed by atoms with van der Waals surface area (Å²) >= 11 is 0. The highest BCUT2D eigenvalue weighted by molar-refractivity contribution is 6.30. The highest BCUT2D eigenvalue weighted by atomic mass is 16.6. The number of phenolic OH excluding ortho intramolecular Hbond substituents is 1. The predicted octanol–water partition coefficient (Wildman–Crippen LogP) is 3.60. The van der Waals surface area contributed by atoms with E-state index in [2.05, 4.69) is 0 Å². The number of fused-ring (bicyclic) bond motifs is 2. The fourth-order valence-corrected chi connectivity index (χ4v) is 3.28. The lowest BCUT2D eigenvalue weighted by Crippen LogP contribution is -2.25. The average Bonchev–Trinajstić information content (AvgIpc) is 2.70. The van der Waals surface area contributed by atoms with Crippen molar-refractivity contribution in [2.24, 2.45) is 0 Å². The number of aromatic hydroxyl groups is 1. The van der Waals surface area contributed by atoms with Crippen molar-refractivity contribution in [3.05, 3.63) is 93.0 Å². The molecule has 0 unspecified atom stereocenters. The molecule has 0 atom stereocenters. The third-order valence-electron chi connectivity index (χ3n) is 4.56. The second-order valence-corrected chi connectivity index (χ2v) is 6.12. The van der Waals surface area contributed by atoms with E-state index in [1.807, 2.05) is 0 Å². The van der Waals surface area contributed by atoms with Crippen molar-refractivity contribution < 1.29 is 24.8 Å². The lowest BCUT2D eigenvalue weighted by atomic mass is 9.82. The molecule has 8 nitrogen and oxygen atoms in total. The largest absolute Gasteiger partial charge is 0.506 e. The lowest BCUT2D eigenvalue weighted by molar-refractivity contribution is -0.384. The molecule has 0 fully saturated rings. The highest BCUT2D eigenvalue weighted by Crippen LogP contribution is 2.43. The van der Waals surface area contributed by atoms with Crippen LogP contribution in [0.25, 0.3) is 0 Å². The maximum Gasteiger partial charge on any atom is 0.296 e. The van der Waals surface area contributed by atoms with Gasteiger partial charge in [0.2, 0.25) is 0 Å². The van der Waals surface area contributed by atoms with Gasteiger partial charge in [0.25, 0.3) is 5.69 Å². The van der Waals surface area contributed by atoms with Crippen LogP contribution in [0.2, 0.25) is 0 Å². The Labute approximate surface area is 158 Å². The quantitative estimate of drug-likeness (QED) is 0.414. The smallest absolute Gasteiger partial charge is 0.296 e. The van der Waals surface area contributed by atoms with E-state index in [1.165, 1.54) is 42.5 Å². The first-order chi connectivity index (χ1) is 13.4. The summed E-state index contributed by atoms with van der Waals surface area (Å²) in [4.78, 5) is 36.7. The Bertz CT molecular complexity index is 1170. The summed E-state index contributed by atoms with van der Waals surface area (Å²) in [5.74, 6) is -1.46. The first-order valence-corrected chi connectivity index (χ1v) is 8.18. The van der Waals surface area contributed by atoms with Crippen LogP contribution in [0, 0.1) is 10.1 Å². The van der Waals surface area contributed by atoms with Gasteiger partial charge in [-0.1, -0.05) is 36.4 Å². The SMILES string of the molecule is O=C1c2ccccc2C(=O)c2c1ccc([N+](=O)[O-])c2N(O)c1ccccc1O. The summed E-state index contributed by atoms with van der Waals surface area (Å²) in [5, 5.41) is 32.7. The zero-order chi connectivity index (χ0) is 20.0. The molecule has 0 radical (unpaired) electrons. The molecule has 28 heavy (non-hydrogen) atoms. The Balaban J connectivity index is 2.04. The van der Waals surface area contributed by atoms with E-state index in [1.54, 1.807) is 12.1 Å². The van der Waals surface area contributed by atoms with Crippen LogP contribution in [-0.4, -0.2) is 26.8 Å². The average molecular weight is 376 g/mol. The molecule has 1 aliphatic carbocycles. The second-order valence-electron chi connectivity index (χ2n) is 6.12. The van der Waals surface area contributed by atoms with Crippen molar-refractivity contribution in [2.75, 3.05) is 5.06 Å². The number of nitrogens with zero attached hydrogens (tertiary/aromatic N) is 2. The molecule has 138 valence electrons. The van der Waals surface area contributed by atoms with Crippen LogP contribution < -0.4 is 5.06 Å². The van der Waals surface area contributed by atoms with E-state index in [4.69, 9.17) is 0 Å². The van der Waals surface area contributed by atoms with Crippen molar-refractivity contribution in [3.8, 4) is 5.75 Å². The Kier molecular flexibility index (Phi) is 3.90. The Morgan fingerprint density at radius 1 is 0.821 bits per heavy atom. The number of hydrogen-bond acceptors (Lipinski definition) is 7. The molecule has 0 aromatic heterocycles. The molecule has 0 saturated carbocycles. The molecule has 0 spiro atoms. The number of para-hydroxylation sites is 2. The highest BCUT2D eigenvalue weighted by Gasteiger charge is 2.37. The van der Waals surface area contributed by atoms with Gasteiger partial charge in [-0.2, -0.15) is 0 Å². The molecule has 0 saturated heterocycles. The van der Waals surface area contributed by atoms with Gasteiger partial charge < -0.3 is 5.11 Å². The summed E-state index contributed by atoms with van der Waals surface area (Å²) in [5.41, 5.74) is -1.29. The topological polar surface area (TPSA) is 121 Å². The van der Waals surface area contributed by atoms with Gasteiger partial charge >= 0.3 is 0 Å². The van der Waals surface area contributed by atoms with Gasteiger partial charge in [-0.05, 0) is 18.2 Å². The van der Waals surface area contributed by atoms with Crippen molar-refractivity contribution in [3.63, 3.8) is 0 Å². The van der Waals surface area contributed by atoms with E-state index in [0.29, 0.717) is 5.06 Å². The minimum Gasteiger partial charge on any atom is -0.506 e. The number of nitro benzene ring substituents is 1. The molecule has 4 rings (SSSR count). The first kappa shape index (κ1) is 17.4. The number of nitro groups is 1. The molecule has 1 aliphatic rings. The van der Waals surface area contributed by atoms with Crippen LogP contribution in [0.3, 0.4) is 0 Å². The van der Waals surface area contributed by atoms with Gasteiger partial charge in [0.1, 0.15) is 11.4 Å². The molecule has 3 aromatic carbocycles. The van der Waals surface area contributed by atoms with Gasteiger partial charge in [0.15, 0.2) is 17.3 Å². The Morgan fingerprint density at radius 3 is 2.07 bits per heavy atom. The number of benzene rings is 3. The number of rotatable bonds is 3. The van der Waals surface area contributed by atoms with Crippen LogP contribution >= 0.6 is 0 Å². The number of phenols is 1. The van der Waals surface area contributed by atoms with Crippen molar-refractivity contribution in [2.45, 2.75) is 0 Å². The number of ketones is 2. The van der Waals surface area contributed by atoms with Gasteiger partial charge in [0, 0.05) is 22.8 Å². The van der Waals surface area contributed by atoms with Crippen LogP contribution in [-0.2, 0) is 0 Å². The molecule has 0 aliphatic heterocycles. The third kappa shape index (κ3) is 2.43. The minimum absolute atomic E-state index is 0.0567. The zero-order valence-electron chi connectivity index (χ0n) is 14.2. The molecular formula is C20H12N2O6. The standard InChI is InChI=1S/C20H12N2O6/c23-16-8-4-3-7-14(16)21(26)18-15(22(27)28)10-9-13-17(18)20(25)12-6-2-1-5-11(12)19(13)24/h1-10,23,26H. The molecule has 0 heterocycles. The number of hydrogen-bond donors (Lipinski definition) is 2. The molecule has 0 bridgehead atoms. The summed E-state index contributed by atoms with van der Waals surface area (Å²) in [7, 11) is 0. The summed E-state index contributed by atoms with van der Waals surface area (Å²) in [6, 6.07) is 14.0. The molecule has 0 amide bonds. The first-order valence-electron chi connectivity index (χ1n) is 8.18. The molecule has 2 N–H and O–H groups in total. The number of carbonyl (C=O) groups excluding carboxylic acids is 2. The third-order valence-corrected chi connectivity index (χ3v) is 4.56. The molecule has 8 heteroatoms. The minimum atomic E-state index is -0.767. The fourth-order valence-electron chi connectivity index (χ4n) is 3.28. The monoisotopic (exact) mass is 376 g/mol. The van der Waals surface area contributed by atoms with Crippen molar-refractivity contribution in [1.29, 1.82) is 0 Å². The van der Waals surface area contributed by atoms with Gasteiger partial charge in [-0.3, -0.25) is 24.9 Å². The van der Waals surface area contributed by atoms with Crippen molar-refractivity contribution in [1.82, 2.24) is 0 Å². The summed E-state index contributed by atoms with van der Waals surface area (Å²) in [6.07, 6.45) is 0. The van der Waals surface area contributed by atoms with E-state index < -0.39 is 27.9 Å². The summed E-state index contributed by atoms with van der Waals surface area (Å²) in [6.45, 7) is 0. The van der Waals surface area contributed by atoms with Crippen molar-refractivity contribution >= 4 is 28.6 Å². The maximum absolute atomic E-state index is 13.1. The molecular weight excluding hydrogens is 364 g/mol. The van der Waals surface area contributed by atoms with E-state index >= 15 is 0 Å². The van der Waals surface area contributed by atoms with Crippen LogP contribution in [0.15, 0.2) is 60.7 Å². The van der Waals surface area contributed by atoms with E-state index in [0.717, 1.165) is 6.07 Å². The van der Waals surface area contributed by atoms with Crippen LogP contribution in [0.1, 0.15) is 31.8 Å². The van der Waals surface area contributed by atoms with Crippen LogP contribution in [0.4, 0.5) is 17.1 Å². The maximum atomic E-state index is 13.1. The van der Waals surface area contributed by atoms with Gasteiger partial charge in [-0.25, -0.2) is 5.06 Å². The fraction of sp³-hybridized carbons (Fsp3) is 0. The second kappa shape index (κ2) is 6.29. The van der Waals surface area contributed by atoms with Crippen LogP contribution in [0.5, 0.6) is 5.75 Å². The normalized spacial score (nSPS) is 12.3. The summed E-state index contributed by atoms with van der Waals surface area (Å²) < 4.78 is 0. The van der Waals surface area contributed by atoms with E-state index in [-0.39, 0.29) is 33.7 Å². The Morgan fingerprint density at radius 2 is 1.43 bits per heavy atom. The number of anilines is 2. The number of carbonyl (C=O) groups is 2. The predicted molar refractivity (Wildman–Crippen MR) is 98.4 cm³/mol. The Hall–Kier alpha value is -4.04.